The predicted molar refractivity (Wildman–Crippen MR) is 153 cm³/mol. The van der Waals surface area contributed by atoms with E-state index in [2.05, 4.69) is 19.1 Å². The number of rotatable bonds is 27. The maximum absolute atomic E-state index is 12.1. The van der Waals surface area contributed by atoms with Gasteiger partial charge in [-0.05, 0) is 38.5 Å². The Morgan fingerprint density at radius 3 is 1.95 bits per heavy atom. The fraction of sp³-hybridized carbons (Fsp3) is 0.897. The van der Waals surface area contributed by atoms with Crippen LogP contribution in [0, 0.1) is 0 Å². The molecule has 38 heavy (non-hydrogen) atoms. The molecule has 0 rings (SSSR count). The second-order valence-corrected chi connectivity index (χ2v) is 12.5. The summed E-state index contributed by atoms with van der Waals surface area (Å²) in [6.07, 6.45) is 20.8. The van der Waals surface area contributed by atoms with Crippen LogP contribution >= 0.6 is 7.82 Å². The van der Waals surface area contributed by atoms with E-state index >= 15 is 0 Å². The molecule has 0 aliphatic rings. The second kappa shape index (κ2) is 24.1. The minimum atomic E-state index is -4.48. The summed E-state index contributed by atoms with van der Waals surface area (Å²) in [5.41, 5.74) is 0. The van der Waals surface area contributed by atoms with Gasteiger partial charge < -0.3 is 27.9 Å². The highest BCUT2D eigenvalue weighted by molar-refractivity contribution is 7.45. The molecule has 9 heteroatoms. The molecule has 0 aliphatic heterocycles. The molecule has 8 nitrogen and oxygen atoms in total. The second-order valence-electron chi connectivity index (χ2n) is 11.1. The van der Waals surface area contributed by atoms with Crippen molar-refractivity contribution in [2.24, 2.45) is 0 Å². The van der Waals surface area contributed by atoms with Crippen LogP contribution in [0.3, 0.4) is 0 Å². The number of phosphoric ester groups is 1. The standard InChI is InChI=1S/C29H58NO7P/c1-6-8-9-10-11-12-13-14-15-16-17-18-19-20-21-24-34-26-28(37-29(31)22-7-2)27-36-38(32,33)35-25-23-30(3,4)5/h13-14,28H,6-12,15-27H2,1-5H3/b14-13-. The summed E-state index contributed by atoms with van der Waals surface area (Å²) >= 11 is 0. The number of quaternary nitrogens is 1. The molecule has 0 saturated heterocycles. The molecule has 0 aromatic rings. The molecule has 0 heterocycles. The number of ether oxygens (including phenoxy) is 2. The average molecular weight is 564 g/mol. The van der Waals surface area contributed by atoms with E-state index in [9.17, 15) is 14.3 Å². The number of hydrogen-bond donors (Lipinski definition) is 0. The Kier molecular flexibility index (Phi) is 23.6. The van der Waals surface area contributed by atoms with Crippen molar-refractivity contribution in [3.63, 3.8) is 0 Å². The summed E-state index contributed by atoms with van der Waals surface area (Å²) in [6.45, 7) is 5.00. The number of phosphoric acid groups is 1. The van der Waals surface area contributed by atoms with Crippen LogP contribution in [0.2, 0.25) is 0 Å². The summed E-state index contributed by atoms with van der Waals surface area (Å²) in [7, 11) is 1.34. The van der Waals surface area contributed by atoms with Crippen LogP contribution in [-0.2, 0) is 27.9 Å². The molecule has 0 aromatic heterocycles. The summed E-state index contributed by atoms with van der Waals surface area (Å²) < 4.78 is 33.6. The number of likely N-dealkylation sites (N-methyl/N-ethyl adjacent to an activating group) is 1. The lowest BCUT2D eigenvalue weighted by molar-refractivity contribution is -0.870. The molecule has 0 fully saturated rings. The normalized spacial score (nSPS) is 14.6. The molecule has 0 bridgehead atoms. The Morgan fingerprint density at radius 2 is 1.37 bits per heavy atom. The number of allylic oxidation sites excluding steroid dienone is 2. The highest BCUT2D eigenvalue weighted by Gasteiger charge is 2.20. The molecule has 0 spiro atoms. The first kappa shape index (κ1) is 37.2. The molecule has 2 atom stereocenters. The van der Waals surface area contributed by atoms with Gasteiger partial charge in [0.1, 0.15) is 19.3 Å². The van der Waals surface area contributed by atoms with Gasteiger partial charge in [-0.15, -0.1) is 0 Å². The van der Waals surface area contributed by atoms with Crippen molar-refractivity contribution >= 4 is 13.8 Å². The molecule has 0 amide bonds. The van der Waals surface area contributed by atoms with Gasteiger partial charge in [0.25, 0.3) is 7.82 Å². The molecule has 2 unspecified atom stereocenters. The predicted octanol–water partition coefficient (Wildman–Crippen LogP) is 6.57. The smallest absolute Gasteiger partial charge is 0.306 e. The van der Waals surface area contributed by atoms with E-state index in [1.807, 2.05) is 28.1 Å². The van der Waals surface area contributed by atoms with Crippen molar-refractivity contribution in [1.82, 2.24) is 0 Å². The zero-order valence-corrected chi connectivity index (χ0v) is 26.0. The van der Waals surface area contributed by atoms with Gasteiger partial charge in [-0.3, -0.25) is 9.36 Å². The number of carbonyl (C=O) groups excluding carboxylic acids is 1. The summed E-state index contributed by atoms with van der Waals surface area (Å²) in [6, 6.07) is 0. The number of carbonyl (C=O) groups is 1. The third-order valence-electron chi connectivity index (χ3n) is 6.04. The van der Waals surface area contributed by atoms with Gasteiger partial charge in [0, 0.05) is 13.0 Å². The Labute approximate surface area is 233 Å². The Hall–Kier alpha value is -0.760. The van der Waals surface area contributed by atoms with E-state index in [4.69, 9.17) is 18.5 Å². The molecule has 0 aliphatic carbocycles. The van der Waals surface area contributed by atoms with Gasteiger partial charge in [-0.1, -0.05) is 77.4 Å². The zero-order chi connectivity index (χ0) is 28.5. The molecule has 226 valence electrons. The zero-order valence-electron chi connectivity index (χ0n) is 25.1. The van der Waals surface area contributed by atoms with E-state index in [-0.39, 0.29) is 26.2 Å². The van der Waals surface area contributed by atoms with Crippen molar-refractivity contribution in [3.05, 3.63) is 12.2 Å². The van der Waals surface area contributed by atoms with Crippen molar-refractivity contribution in [1.29, 1.82) is 0 Å². The highest BCUT2D eigenvalue weighted by Crippen LogP contribution is 2.38. The first-order valence-electron chi connectivity index (χ1n) is 14.9. The third kappa shape index (κ3) is 26.8. The first-order valence-corrected chi connectivity index (χ1v) is 16.4. The number of unbranched alkanes of at least 4 members (excludes halogenated alkanes) is 11. The van der Waals surface area contributed by atoms with E-state index in [1.165, 1.54) is 70.6 Å². The number of hydrogen-bond acceptors (Lipinski definition) is 7. The molecule has 0 saturated carbocycles. The Balaban J connectivity index is 3.98. The van der Waals surface area contributed by atoms with Crippen molar-refractivity contribution in [2.45, 2.75) is 116 Å². The lowest BCUT2D eigenvalue weighted by atomic mass is 10.1. The highest BCUT2D eigenvalue weighted by atomic mass is 31.2. The summed E-state index contributed by atoms with van der Waals surface area (Å²) in [5, 5.41) is 0. The average Bonchev–Trinajstić information content (AvgIpc) is 2.83. The maximum Gasteiger partial charge on any atom is 0.306 e. The number of nitrogens with zero attached hydrogens (tertiary/aromatic N) is 1. The molecular formula is C29H58NO7P. The monoisotopic (exact) mass is 563 g/mol. The van der Waals surface area contributed by atoms with Crippen LogP contribution in [0.5, 0.6) is 0 Å². The lowest BCUT2D eigenvalue weighted by Gasteiger charge is -2.28. The maximum atomic E-state index is 12.1. The SMILES string of the molecule is CCCCCCC/C=C\CCCCCCCCOCC(COP(=O)([O-])OCC[N+](C)(C)C)OC(=O)CCC. The van der Waals surface area contributed by atoms with Crippen LogP contribution in [0.4, 0.5) is 0 Å². The van der Waals surface area contributed by atoms with Gasteiger partial charge in [0.15, 0.2) is 0 Å². The van der Waals surface area contributed by atoms with Crippen LogP contribution in [0.15, 0.2) is 12.2 Å². The van der Waals surface area contributed by atoms with Crippen LogP contribution in [0.1, 0.15) is 110 Å². The van der Waals surface area contributed by atoms with E-state index in [0.29, 0.717) is 24.1 Å². The van der Waals surface area contributed by atoms with Gasteiger partial charge in [-0.2, -0.15) is 0 Å². The van der Waals surface area contributed by atoms with Gasteiger partial charge >= 0.3 is 5.97 Å². The van der Waals surface area contributed by atoms with E-state index in [1.54, 1.807) is 0 Å². The van der Waals surface area contributed by atoms with Gasteiger partial charge in [0.05, 0.1) is 34.4 Å². The molecule has 0 aromatic carbocycles. The summed E-state index contributed by atoms with van der Waals surface area (Å²) in [5.74, 6) is -0.391. The van der Waals surface area contributed by atoms with Gasteiger partial charge in [0.2, 0.25) is 0 Å². The lowest BCUT2D eigenvalue weighted by Crippen LogP contribution is -2.37. The summed E-state index contributed by atoms with van der Waals surface area (Å²) in [4.78, 5) is 24.0. The number of esters is 1. The van der Waals surface area contributed by atoms with Crippen LogP contribution in [-0.4, -0.2) is 70.7 Å². The fourth-order valence-electron chi connectivity index (χ4n) is 3.69. The van der Waals surface area contributed by atoms with Crippen LogP contribution in [0.25, 0.3) is 0 Å². The van der Waals surface area contributed by atoms with Crippen LogP contribution < -0.4 is 4.89 Å². The minimum Gasteiger partial charge on any atom is -0.756 e. The third-order valence-corrected chi connectivity index (χ3v) is 7.00. The quantitative estimate of drug-likeness (QED) is 0.0367. The van der Waals surface area contributed by atoms with Crippen molar-refractivity contribution < 1.29 is 37.3 Å². The molecule has 0 N–H and O–H groups in total. The van der Waals surface area contributed by atoms with Crippen molar-refractivity contribution in [3.8, 4) is 0 Å². The fourth-order valence-corrected chi connectivity index (χ4v) is 4.42. The Bertz CT molecular complexity index is 637. The molecule has 0 radical (unpaired) electrons. The Morgan fingerprint density at radius 1 is 0.789 bits per heavy atom. The van der Waals surface area contributed by atoms with E-state index in [0.717, 1.165) is 12.8 Å². The largest absolute Gasteiger partial charge is 0.756 e. The minimum absolute atomic E-state index is 0.0248. The first-order chi connectivity index (χ1) is 18.1. The van der Waals surface area contributed by atoms with Crippen molar-refractivity contribution in [2.75, 3.05) is 54.1 Å². The van der Waals surface area contributed by atoms with Gasteiger partial charge in [-0.25, -0.2) is 0 Å². The topological polar surface area (TPSA) is 94.1 Å². The molecular weight excluding hydrogens is 505 g/mol. The van der Waals surface area contributed by atoms with E-state index < -0.39 is 19.9 Å².